The van der Waals surface area contributed by atoms with Gasteiger partial charge in [-0.15, -0.1) is 0 Å². The molecule has 7 nitrogen and oxygen atoms in total. The van der Waals surface area contributed by atoms with Gasteiger partial charge in [0.25, 0.3) is 5.89 Å². The van der Waals surface area contributed by atoms with Gasteiger partial charge in [-0.1, -0.05) is 5.16 Å². The van der Waals surface area contributed by atoms with E-state index in [1.54, 1.807) is 12.4 Å². The molecule has 4 rings (SSSR count). The molecule has 0 spiro atoms. The van der Waals surface area contributed by atoms with E-state index in [2.05, 4.69) is 20.4 Å². The van der Waals surface area contributed by atoms with Gasteiger partial charge in [-0.3, -0.25) is 4.98 Å². The summed E-state index contributed by atoms with van der Waals surface area (Å²) in [4.78, 5) is 8.40. The molecule has 128 valence electrons. The van der Waals surface area contributed by atoms with Crippen molar-refractivity contribution in [2.45, 2.75) is 19.1 Å². The molecule has 0 aliphatic carbocycles. The molecular weight excluding hydrogens is 320 g/mol. The number of pyridine rings is 1. The van der Waals surface area contributed by atoms with E-state index in [9.17, 15) is 0 Å². The molecule has 25 heavy (non-hydrogen) atoms. The fraction of sp³-hybridized carbons (Fsp3) is 0.278. The summed E-state index contributed by atoms with van der Waals surface area (Å²) < 4.78 is 16.7. The van der Waals surface area contributed by atoms with Crippen molar-refractivity contribution in [1.29, 1.82) is 0 Å². The van der Waals surface area contributed by atoms with Gasteiger partial charge >= 0.3 is 0 Å². The van der Waals surface area contributed by atoms with Crippen LogP contribution in [0.5, 0.6) is 11.5 Å². The topological polar surface area (TPSA) is 82.3 Å². The Hall–Kier alpha value is -2.77. The van der Waals surface area contributed by atoms with Gasteiger partial charge < -0.3 is 19.3 Å². The van der Waals surface area contributed by atoms with Crippen molar-refractivity contribution in [3.05, 3.63) is 54.7 Å². The smallest absolute Gasteiger partial charge is 0.252 e. The van der Waals surface area contributed by atoms with Crippen LogP contribution in [-0.2, 0) is 11.3 Å². The molecule has 0 unspecified atom stereocenters. The number of hydrogen-bond acceptors (Lipinski definition) is 7. The Morgan fingerprint density at radius 1 is 1.16 bits per heavy atom. The summed E-state index contributed by atoms with van der Waals surface area (Å²) in [6.45, 7) is 2.20. The monoisotopic (exact) mass is 338 g/mol. The van der Waals surface area contributed by atoms with E-state index >= 15 is 0 Å². The van der Waals surface area contributed by atoms with Gasteiger partial charge in [-0.2, -0.15) is 4.98 Å². The minimum atomic E-state index is 0.222. The highest BCUT2D eigenvalue weighted by atomic mass is 16.5. The van der Waals surface area contributed by atoms with Crippen molar-refractivity contribution < 1.29 is 14.0 Å². The molecule has 0 bridgehead atoms. The molecule has 1 aliphatic rings. The van der Waals surface area contributed by atoms with Crippen LogP contribution < -0.4 is 10.1 Å². The van der Waals surface area contributed by atoms with Gasteiger partial charge in [-0.25, -0.2) is 0 Å². The summed E-state index contributed by atoms with van der Waals surface area (Å²) >= 11 is 0. The summed E-state index contributed by atoms with van der Waals surface area (Å²) in [6.07, 6.45) is 4.61. The summed E-state index contributed by atoms with van der Waals surface area (Å²) in [5.41, 5.74) is 0.857. The molecule has 0 amide bonds. The fourth-order valence-corrected chi connectivity index (χ4v) is 2.61. The fourth-order valence-electron chi connectivity index (χ4n) is 2.61. The molecule has 1 aromatic carbocycles. The number of rotatable bonds is 6. The number of hydrogen-bond donors (Lipinski definition) is 1. The molecule has 3 aromatic rings. The minimum Gasteiger partial charge on any atom is -0.456 e. The van der Waals surface area contributed by atoms with Crippen molar-refractivity contribution >= 4 is 0 Å². The van der Waals surface area contributed by atoms with Crippen molar-refractivity contribution in [3.8, 4) is 22.9 Å². The van der Waals surface area contributed by atoms with Crippen molar-refractivity contribution in [2.24, 2.45) is 0 Å². The maximum atomic E-state index is 5.74. The zero-order chi connectivity index (χ0) is 16.9. The molecule has 0 radical (unpaired) electrons. The lowest BCUT2D eigenvalue weighted by Gasteiger charge is -2.06. The number of ether oxygens (including phenoxy) is 2. The Bertz CT molecular complexity index is 799. The van der Waals surface area contributed by atoms with Gasteiger partial charge in [0, 0.05) is 18.3 Å². The van der Waals surface area contributed by atoms with Crippen molar-refractivity contribution in [3.63, 3.8) is 0 Å². The summed E-state index contributed by atoms with van der Waals surface area (Å²) in [6, 6.07) is 11.2. The van der Waals surface area contributed by atoms with Crippen LogP contribution in [0, 0.1) is 0 Å². The average Bonchev–Trinajstić information content (AvgIpc) is 3.33. The SMILES string of the molecule is c1cncc(Oc2ccc(-c3noc(CO[C@@H]4CCNC4)n3)cc2)c1. The maximum absolute atomic E-state index is 5.74. The van der Waals surface area contributed by atoms with Gasteiger partial charge in [0.05, 0.1) is 12.3 Å². The number of benzene rings is 1. The lowest BCUT2D eigenvalue weighted by atomic mass is 10.2. The average molecular weight is 338 g/mol. The Kier molecular flexibility index (Phi) is 4.67. The minimum absolute atomic E-state index is 0.222. The number of nitrogens with zero attached hydrogens (tertiary/aromatic N) is 3. The third-order valence-corrected chi connectivity index (χ3v) is 3.91. The van der Waals surface area contributed by atoms with Gasteiger partial charge in [-0.05, 0) is 49.4 Å². The second kappa shape index (κ2) is 7.42. The molecule has 1 saturated heterocycles. The lowest BCUT2D eigenvalue weighted by molar-refractivity contribution is 0.0383. The molecular formula is C18H18N4O3. The molecule has 1 aliphatic heterocycles. The first-order valence-electron chi connectivity index (χ1n) is 8.20. The van der Waals surface area contributed by atoms with E-state index in [0.29, 0.717) is 24.1 Å². The summed E-state index contributed by atoms with van der Waals surface area (Å²) in [5, 5.41) is 7.27. The second-order valence-electron chi connectivity index (χ2n) is 5.75. The Morgan fingerprint density at radius 3 is 2.84 bits per heavy atom. The van der Waals surface area contributed by atoms with E-state index in [0.717, 1.165) is 30.8 Å². The predicted octanol–water partition coefficient (Wildman–Crippen LogP) is 2.80. The molecule has 1 fully saturated rings. The van der Waals surface area contributed by atoms with E-state index in [-0.39, 0.29) is 6.10 Å². The highest BCUT2D eigenvalue weighted by molar-refractivity contribution is 5.55. The van der Waals surface area contributed by atoms with Gasteiger partial charge in [0.2, 0.25) is 5.82 Å². The first-order valence-corrected chi connectivity index (χ1v) is 8.20. The molecule has 0 saturated carbocycles. The van der Waals surface area contributed by atoms with E-state index in [1.165, 1.54) is 0 Å². The van der Waals surface area contributed by atoms with Crippen LogP contribution in [0.15, 0.2) is 53.3 Å². The van der Waals surface area contributed by atoms with Crippen LogP contribution in [0.2, 0.25) is 0 Å². The third kappa shape index (κ3) is 4.01. The van der Waals surface area contributed by atoms with E-state index in [4.69, 9.17) is 14.0 Å². The van der Waals surface area contributed by atoms with Crippen LogP contribution in [0.1, 0.15) is 12.3 Å². The largest absolute Gasteiger partial charge is 0.456 e. The van der Waals surface area contributed by atoms with Gasteiger partial charge in [0.1, 0.15) is 18.1 Å². The van der Waals surface area contributed by atoms with Crippen molar-refractivity contribution in [2.75, 3.05) is 13.1 Å². The normalized spacial score (nSPS) is 16.9. The zero-order valence-electron chi connectivity index (χ0n) is 13.6. The first kappa shape index (κ1) is 15.7. The summed E-state index contributed by atoms with van der Waals surface area (Å²) in [5.74, 6) is 2.43. The van der Waals surface area contributed by atoms with Crippen LogP contribution in [-0.4, -0.2) is 34.3 Å². The first-order chi connectivity index (χ1) is 12.4. The Balaban J connectivity index is 1.38. The van der Waals surface area contributed by atoms with E-state index in [1.807, 2.05) is 36.4 Å². The highest BCUT2D eigenvalue weighted by Gasteiger charge is 2.16. The number of nitrogens with one attached hydrogen (secondary N) is 1. The van der Waals surface area contributed by atoms with Crippen molar-refractivity contribution in [1.82, 2.24) is 20.4 Å². The Morgan fingerprint density at radius 2 is 2.08 bits per heavy atom. The quantitative estimate of drug-likeness (QED) is 0.740. The lowest BCUT2D eigenvalue weighted by Crippen LogP contribution is -2.16. The molecule has 1 N–H and O–H groups in total. The molecule has 7 heteroatoms. The standard InChI is InChI=1S/C18H18N4O3/c1-2-16(11-19-8-1)24-14-5-3-13(4-6-14)18-21-17(25-22-18)12-23-15-7-9-20-10-15/h1-6,8,11,15,20H,7,9-10,12H2/t15-/m1/s1. The van der Waals surface area contributed by atoms with Crippen LogP contribution in [0.4, 0.5) is 0 Å². The highest BCUT2D eigenvalue weighted by Crippen LogP contribution is 2.24. The summed E-state index contributed by atoms with van der Waals surface area (Å²) in [7, 11) is 0. The van der Waals surface area contributed by atoms with Crippen LogP contribution >= 0.6 is 0 Å². The molecule has 3 heterocycles. The van der Waals surface area contributed by atoms with Crippen LogP contribution in [0.25, 0.3) is 11.4 Å². The maximum Gasteiger partial charge on any atom is 0.252 e. The van der Waals surface area contributed by atoms with Crippen LogP contribution in [0.3, 0.4) is 0 Å². The zero-order valence-corrected chi connectivity index (χ0v) is 13.6. The Labute approximate surface area is 145 Å². The third-order valence-electron chi connectivity index (χ3n) is 3.91. The number of aromatic nitrogens is 3. The van der Waals surface area contributed by atoms with Gasteiger partial charge in [0.15, 0.2) is 0 Å². The molecule has 1 atom stereocenters. The van der Waals surface area contributed by atoms with E-state index < -0.39 is 0 Å². The second-order valence-corrected chi connectivity index (χ2v) is 5.75. The predicted molar refractivity (Wildman–Crippen MR) is 90.1 cm³/mol. The molecule has 2 aromatic heterocycles.